The van der Waals surface area contributed by atoms with Gasteiger partial charge in [0.25, 0.3) is 0 Å². The first-order valence-corrected chi connectivity index (χ1v) is 7.01. The molecule has 0 spiro atoms. The van der Waals surface area contributed by atoms with Crippen LogP contribution in [0, 0.1) is 0 Å². The molecule has 0 amide bonds. The minimum Gasteiger partial charge on any atom is -0.381 e. The van der Waals surface area contributed by atoms with Gasteiger partial charge in [0.05, 0.1) is 5.52 Å². The van der Waals surface area contributed by atoms with E-state index in [0.717, 1.165) is 24.9 Å². The Balaban J connectivity index is 1.63. The van der Waals surface area contributed by atoms with Gasteiger partial charge in [0.15, 0.2) is 0 Å². The highest BCUT2D eigenvalue weighted by atomic mass is 15.3. The van der Waals surface area contributed by atoms with Crippen LogP contribution < -0.4 is 5.32 Å². The Labute approximate surface area is 117 Å². The molecular weight excluding hydrogens is 248 g/mol. The average Bonchev–Trinajstić information content (AvgIpc) is 2.95. The highest BCUT2D eigenvalue weighted by molar-refractivity contribution is 5.90. The number of nitrogens with zero attached hydrogens (tertiary/aromatic N) is 3. The van der Waals surface area contributed by atoms with Crippen LogP contribution in [0.2, 0.25) is 0 Å². The Morgan fingerprint density at radius 3 is 3.05 bits per heavy atom. The highest BCUT2D eigenvalue weighted by Crippen LogP contribution is 2.24. The Kier molecular flexibility index (Phi) is 2.66. The lowest BCUT2D eigenvalue weighted by Gasteiger charge is -2.25. The van der Waals surface area contributed by atoms with Crippen molar-refractivity contribution in [2.24, 2.45) is 0 Å². The van der Waals surface area contributed by atoms with Crippen molar-refractivity contribution in [2.45, 2.75) is 25.4 Å². The van der Waals surface area contributed by atoms with Gasteiger partial charge in [0, 0.05) is 48.2 Å². The molecule has 0 radical (unpaired) electrons. The van der Waals surface area contributed by atoms with E-state index < -0.39 is 0 Å². The van der Waals surface area contributed by atoms with Crippen molar-refractivity contribution in [3.8, 4) is 0 Å². The van der Waals surface area contributed by atoms with E-state index >= 15 is 0 Å². The molecule has 1 aliphatic heterocycles. The van der Waals surface area contributed by atoms with Crippen LogP contribution in [0.4, 0.5) is 5.69 Å². The predicted molar refractivity (Wildman–Crippen MR) is 79.7 cm³/mol. The number of aromatic nitrogens is 3. The normalized spacial score (nSPS) is 17.9. The molecule has 3 aromatic rings. The van der Waals surface area contributed by atoms with E-state index in [9.17, 15) is 0 Å². The van der Waals surface area contributed by atoms with Gasteiger partial charge in [0.2, 0.25) is 0 Å². The molecule has 0 saturated carbocycles. The number of benzene rings is 1. The van der Waals surface area contributed by atoms with E-state index in [4.69, 9.17) is 0 Å². The topological polar surface area (TPSA) is 42.7 Å². The Bertz CT molecular complexity index is 742. The number of nitrogens with one attached hydrogen (secondary N) is 1. The lowest BCUT2D eigenvalue weighted by Crippen LogP contribution is -2.30. The van der Waals surface area contributed by atoms with E-state index in [-0.39, 0.29) is 0 Å². The van der Waals surface area contributed by atoms with Crippen molar-refractivity contribution in [3.05, 3.63) is 54.5 Å². The fourth-order valence-electron chi connectivity index (χ4n) is 2.93. The molecule has 1 aliphatic rings. The smallest absolute Gasteiger partial charge is 0.0722 e. The fraction of sp³-hybridized carbons (Fsp3) is 0.250. The van der Waals surface area contributed by atoms with E-state index in [0.29, 0.717) is 6.04 Å². The van der Waals surface area contributed by atoms with Gasteiger partial charge in [-0.15, -0.1) is 0 Å². The van der Waals surface area contributed by atoms with Crippen LogP contribution in [0.25, 0.3) is 10.9 Å². The number of rotatable bonds is 2. The van der Waals surface area contributed by atoms with Crippen molar-refractivity contribution >= 4 is 16.6 Å². The Morgan fingerprint density at radius 1 is 1.10 bits per heavy atom. The SMILES string of the molecule is c1ccc2c(NC3CCn4nccc4C3)ccnc2c1. The van der Waals surface area contributed by atoms with E-state index in [2.05, 4.69) is 50.4 Å². The zero-order valence-electron chi connectivity index (χ0n) is 11.2. The number of anilines is 1. The van der Waals surface area contributed by atoms with Crippen LogP contribution in [-0.2, 0) is 13.0 Å². The van der Waals surface area contributed by atoms with Gasteiger partial charge in [-0.2, -0.15) is 5.10 Å². The molecule has 0 fully saturated rings. The summed E-state index contributed by atoms with van der Waals surface area (Å²) in [6, 6.07) is 12.9. The summed E-state index contributed by atoms with van der Waals surface area (Å²) >= 11 is 0. The van der Waals surface area contributed by atoms with Crippen LogP contribution in [-0.4, -0.2) is 20.8 Å². The molecule has 100 valence electrons. The predicted octanol–water partition coefficient (Wildman–Crippen LogP) is 2.86. The van der Waals surface area contributed by atoms with Crippen molar-refractivity contribution < 1.29 is 0 Å². The molecule has 3 heterocycles. The number of para-hydroxylation sites is 1. The standard InChI is InChI=1S/C16H16N4/c1-2-4-15-14(3-1)16(6-8-17-15)19-12-7-10-20-13(11-12)5-9-18-20/h1-6,8-9,12H,7,10-11H2,(H,17,19). The molecule has 0 aliphatic carbocycles. The lowest BCUT2D eigenvalue weighted by molar-refractivity contribution is 0.456. The summed E-state index contributed by atoms with van der Waals surface area (Å²) in [7, 11) is 0. The summed E-state index contributed by atoms with van der Waals surface area (Å²) < 4.78 is 2.10. The van der Waals surface area contributed by atoms with Crippen molar-refractivity contribution in [2.75, 3.05) is 5.32 Å². The van der Waals surface area contributed by atoms with Gasteiger partial charge < -0.3 is 5.32 Å². The first kappa shape index (κ1) is 11.5. The zero-order chi connectivity index (χ0) is 13.4. The number of hydrogen-bond donors (Lipinski definition) is 1. The van der Waals surface area contributed by atoms with Crippen LogP contribution in [0.3, 0.4) is 0 Å². The summed E-state index contributed by atoms with van der Waals surface area (Å²) in [4.78, 5) is 4.41. The third-order valence-corrected chi connectivity index (χ3v) is 3.96. The van der Waals surface area contributed by atoms with Gasteiger partial charge in [0.1, 0.15) is 0 Å². The lowest BCUT2D eigenvalue weighted by atomic mass is 10.0. The van der Waals surface area contributed by atoms with Gasteiger partial charge in [-0.3, -0.25) is 9.67 Å². The summed E-state index contributed by atoms with van der Waals surface area (Å²) in [6.45, 7) is 0.989. The third-order valence-electron chi connectivity index (χ3n) is 3.96. The summed E-state index contributed by atoms with van der Waals surface area (Å²) in [5, 5.41) is 9.19. The molecular formula is C16H16N4. The minimum atomic E-state index is 0.463. The first-order valence-electron chi connectivity index (χ1n) is 7.01. The van der Waals surface area contributed by atoms with Crippen molar-refractivity contribution in [1.82, 2.24) is 14.8 Å². The molecule has 1 atom stereocenters. The van der Waals surface area contributed by atoms with Gasteiger partial charge in [-0.05, 0) is 24.6 Å². The quantitative estimate of drug-likeness (QED) is 0.774. The number of hydrogen-bond acceptors (Lipinski definition) is 3. The fourth-order valence-corrected chi connectivity index (χ4v) is 2.93. The molecule has 1 N–H and O–H groups in total. The van der Waals surface area contributed by atoms with Gasteiger partial charge in [-0.25, -0.2) is 0 Å². The maximum absolute atomic E-state index is 4.41. The second-order valence-corrected chi connectivity index (χ2v) is 5.26. The maximum Gasteiger partial charge on any atom is 0.0722 e. The van der Waals surface area contributed by atoms with E-state index in [1.807, 2.05) is 18.5 Å². The molecule has 0 bridgehead atoms. The van der Waals surface area contributed by atoms with Crippen molar-refractivity contribution in [1.29, 1.82) is 0 Å². The maximum atomic E-state index is 4.41. The minimum absolute atomic E-state index is 0.463. The summed E-state index contributed by atoms with van der Waals surface area (Å²) in [5.74, 6) is 0. The number of pyridine rings is 1. The van der Waals surface area contributed by atoms with E-state index in [1.165, 1.54) is 16.8 Å². The summed E-state index contributed by atoms with van der Waals surface area (Å²) in [6.07, 6.45) is 5.89. The van der Waals surface area contributed by atoms with E-state index in [1.54, 1.807) is 0 Å². The molecule has 1 aromatic carbocycles. The average molecular weight is 264 g/mol. The molecule has 4 nitrogen and oxygen atoms in total. The Hall–Kier alpha value is -2.36. The molecule has 0 saturated heterocycles. The molecule has 1 unspecified atom stereocenters. The monoisotopic (exact) mass is 264 g/mol. The van der Waals surface area contributed by atoms with Gasteiger partial charge in [-0.1, -0.05) is 18.2 Å². The Morgan fingerprint density at radius 2 is 2.05 bits per heavy atom. The second kappa shape index (κ2) is 4.63. The highest BCUT2D eigenvalue weighted by Gasteiger charge is 2.19. The first-order chi connectivity index (χ1) is 9.90. The van der Waals surface area contributed by atoms with Gasteiger partial charge >= 0.3 is 0 Å². The zero-order valence-corrected chi connectivity index (χ0v) is 11.2. The second-order valence-electron chi connectivity index (χ2n) is 5.26. The molecule has 20 heavy (non-hydrogen) atoms. The molecule has 2 aromatic heterocycles. The third kappa shape index (κ3) is 1.93. The summed E-state index contributed by atoms with van der Waals surface area (Å²) in [5.41, 5.74) is 3.53. The number of fused-ring (bicyclic) bond motifs is 2. The molecule has 4 heteroatoms. The molecule has 4 rings (SSSR count). The van der Waals surface area contributed by atoms with Crippen molar-refractivity contribution in [3.63, 3.8) is 0 Å². The van der Waals surface area contributed by atoms with Crippen LogP contribution in [0.15, 0.2) is 48.8 Å². The van der Waals surface area contributed by atoms with Crippen LogP contribution in [0.5, 0.6) is 0 Å². The van der Waals surface area contributed by atoms with Crippen LogP contribution >= 0.6 is 0 Å². The van der Waals surface area contributed by atoms with Crippen LogP contribution in [0.1, 0.15) is 12.1 Å². The number of aryl methyl sites for hydroxylation is 1. The largest absolute Gasteiger partial charge is 0.381 e.